The standard InChI is InChI=1S/C11H19NO2/c1-11(2)7-8-12(11)10(13)14-9-5-3-4-6-9/h9H,3-8H2,1-2H3. The van der Waals surface area contributed by atoms with Gasteiger partial charge in [-0.25, -0.2) is 4.79 Å². The number of carbonyl (C=O) groups excluding carboxylic acids is 1. The predicted octanol–water partition coefficient (Wildman–Crippen LogP) is 2.55. The molecular formula is C11H19NO2. The van der Waals surface area contributed by atoms with Crippen molar-refractivity contribution < 1.29 is 9.53 Å². The average molecular weight is 197 g/mol. The van der Waals surface area contributed by atoms with Gasteiger partial charge in [0.05, 0.1) is 0 Å². The Morgan fingerprint density at radius 3 is 2.43 bits per heavy atom. The van der Waals surface area contributed by atoms with Crippen molar-refractivity contribution in [2.45, 2.75) is 57.6 Å². The van der Waals surface area contributed by atoms with Gasteiger partial charge in [0.15, 0.2) is 0 Å². The summed E-state index contributed by atoms with van der Waals surface area (Å²) in [5.41, 5.74) is 0.0235. The lowest BCUT2D eigenvalue weighted by Crippen LogP contribution is -2.58. The van der Waals surface area contributed by atoms with E-state index in [2.05, 4.69) is 13.8 Å². The van der Waals surface area contributed by atoms with E-state index in [1.807, 2.05) is 4.90 Å². The highest BCUT2D eigenvalue weighted by molar-refractivity contribution is 5.70. The van der Waals surface area contributed by atoms with Crippen LogP contribution in [-0.2, 0) is 4.74 Å². The molecule has 0 spiro atoms. The van der Waals surface area contributed by atoms with E-state index in [-0.39, 0.29) is 17.7 Å². The van der Waals surface area contributed by atoms with E-state index in [9.17, 15) is 4.79 Å². The third kappa shape index (κ3) is 1.72. The zero-order valence-electron chi connectivity index (χ0n) is 9.08. The normalized spacial score (nSPS) is 26.0. The number of amides is 1. The van der Waals surface area contributed by atoms with Gasteiger partial charge >= 0.3 is 6.09 Å². The molecule has 0 atom stereocenters. The molecule has 1 amide bonds. The lowest BCUT2D eigenvalue weighted by molar-refractivity contribution is -0.00980. The molecule has 0 radical (unpaired) electrons. The number of ether oxygens (including phenoxy) is 1. The van der Waals surface area contributed by atoms with Gasteiger partial charge in [0.2, 0.25) is 0 Å². The molecule has 0 aromatic rings. The second kappa shape index (κ2) is 3.44. The van der Waals surface area contributed by atoms with Crippen LogP contribution in [0.5, 0.6) is 0 Å². The number of carbonyl (C=O) groups is 1. The van der Waals surface area contributed by atoms with Gasteiger partial charge in [-0.15, -0.1) is 0 Å². The van der Waals surface area contributed by atoms with Gasteiger partial charge in [-0.2, -0.15) is 0 Å². The van der Waals surface area contributed by atoms with Crippen molar-refractivity contribution in [2.75, 3.05) is 6.54 Å². The van der Waals surface area contributed by atoms with Crippen molar-refractivity contribution >= 4 is 6.09 Å². The Bertz CT molecular complexity index is 231. The van der Waals surface area contributed by atoms with Crippen molar-refractivity contribution in [3.63, 3.8) is 0 Å². The summed E-state index contributed by atoms with van der Waals surface area (Å²) in [6, 6.07) is 0. The zero-order chi connectivity index (χ0) is 10.2. The van der Waals surface area contributed by atoms with E-state index in [0.717, 1.165) is 25.8 Å². The molecule has 0 aromatic carbocycles. The van der Waals surface area contributed by atoms with Crippen molar-refractivity contribution in [1.82, 2.24) is 4.90 Å². The molecule has 3 nitrogen and oxygen atoms in total. The van der Waals surface area contributed by atoms with Crippen LogP contribution in [0.25, 0.3) is 0 Å². The first-order valence-corrected chi connectivity index (χ1v) is 5.58. The van der Waals surface area contributed by atoms with Crippen LogP contribution in [0.15, 0.2) is 0 Å². The van der Waals surface area contributed by atoms with Crippen molar-refractivity contribution in [2.24, 2.45) is 0 Å². The maximum absolute atomic E-state index is 11.7. The quantitative estimate of drug-likeness (QED) is 0.646. The predicted molar refractivity (Wildman–Crippen MR) is 54.1 cm³/mol. The number of hydrogen-bond donors (Lipinski definition) is 0. The lowest BCUT2D eigenvalue weighted by atomic mass is 9.90. The summed E-state index contributed by atoms with van der Waals surface area (Å²) in [7, 11) is 0. The molecule has 2 rings (SSSR count). The van der Waals surface area contributed by atoms with Crippen LogP contribution >= 0.6 is 0 Å². The summed E-state index contributed by atoms with van der Waals surface area (Å²) in [6.45, 7) is 5.04. The molecule has 1 saturated heterocycles. The number of hydrogen-bond acceptors (Lipinski definition) is 2. The van der Waals surface area contributed by atoms with E-state index in [4.69, 9.17) is 4.74 Å². The van der Waals surface area contributed by atoms with Crippen LogP contribution in [0, 0.1) is 0 Å². The van der Waals surface area contributed by atoms with Gasteiger partial charge in [0.1, 0.15) is 6.10 Å². The van der Waals surface area contributed by atoms with Crippen LogP contribution in [0.1, 0.15) is 46.0 Å². The molecule has 80 valence electrons. The molecule has 2 fully saturated rings. The molecular weight excluding hydrogens is 178 g/mol. The summed E-state index contributed by atoms with van der Waals surface area (Å²) in [6.07, 6.45) is 5.71. The summed E-state index contributed by atoms with van der Waals surface area (Å²) in [5, 5.41) is 0. The Hall–Kier alpha value is -0.730. The summed E-state index contributed by atoms with van der Waals surface area (Å²) < 4.78 is 5.44. The van der Waals surface area contributed by atoms with Crippen LogP contribution in [-0.4, -0.2) is 29.2 Å². The number of likely N-dealkylation sites (tertiary alicyclic amines) is 1. The van der Waals surface area contributed by atoms with Gasteiger partial charge in [-0.3, -0.25) is 0 Å². The van der Waals surface area contributed by atoms with Gasteiger partial charge < -0.3 is 9.64 Å². The van der Waals surface area contributed by atoms with Crippen molar-refractivity contribution in [3.05, 3.63) is 0 Å². The number of nitrogens with zero attached hydrogens (tertiary/aromatic N) is 1. The minimum absolute atomic E-state index is 0.0235. The summed E-state index contributed by atoms with van der Waals surface area (Å²) >= 11 is 0. The zero-order valence-corrected chi connectivity index (χ0v) is 9.08. The first-order chi connectivity index (χ1) is 6.59. The fourth-order valence-electron chi connectivity index (χ4n) is 2.22. The maximum Gasteiger partial charge on any atom is 0.410 e. The third-order valence-corrected chi connectivity index (χ3v) is 3.47. The molecule has 0 N–H and O–H groups in total. The Kier molecular flexibility index (Phi) is 2.41. The van der Waals surface area contributed by atoms with Crippen LogP contribution in [0.4, 0.5) is 4.79 Å². The fourth-order valence-corrected chi connectivity index (χ4v) is 2.22. The highest BCUT2D eigenvalue weighted by atomic mass is 16.6. The first-order valence-electron chi connectivity index (χ1n) is 5.58. The lowest BCUT2D eigenvalue weighted by Gasteiger charge is -2.47. The van der Waals surface area contributed by atoms with Crippen molar-refractivity contribution in [1.29, 1.82) is 0 Å². The van der Waals surface area contributed by atoms with Crippen LogP contribution in [0.3, 0.4) is 0 Å². The SMILES string of the molecule is CC1(C)CCN1C(=O)OC1CCCC1. The van der Waals surface area contributed by atoms with Gasteiger partial charge in [-0.05, 0) is 46.0 Å². The molecule has 1 aliphatic carbocycles. The van der Waals surface area contributed by atoms with Gasteiger partial charge in [0, 0.05) is 12.1 Å². The fraction of sp³-hybridized carbons (Fsp3) is 0.909. The third-order valence-electron chi connectivity index (χ3n) is 3.47. The van der Waals surface area contributed by atoms with E-state index in [1.54, 1.807) is 0 Å². The molecule has 1 heterocycles. The van der Waals surface area contributed by atoms with Gasteiger partial charge in [-0.1, -0.05) is 0 Å². The smallest absolute Gasteiger partial charge is 0.410 e. The number of rotatable bonds is 1. The molecule has 2 aliphatic rings. The molecule has 0 unspecified atom stereocenters. The largest absolute Gasteiger partial charge is 0.446 e. The second-order valence-electron chi connectivity index (χ2n) is 5.00. The van der Waals surface area contributed by atoms with Crippen LogP contribution < -0.4 is 0 Å². The van der Waals surface area contributed by atoms with E-state index in [1.165, 1.54) is 12.8 Å². The molecule has 3 heteroatoms. The van der Waals surface area contributed by atoms with E-state index < -0.39 is 0 Å². The maximum atomic E-state index is 11.7. The highest BCUT2D eigenvalue weighted by Crippen LogP contribution is 2.31. The molecule has 1 saturated carbocycles. The van der Waals surface area contributed by atoms with E-state index in [0.29, 0.717) is 0 Å². The van der Waals surface area contributed by atoms with E-state index >= 15 is 0 Å². The summed E-state index contributed by atoms with van der Waals surface area (Å²) in [4.78, 5) is 13.5. The Balaban J connectivity index is 1.83. The average Bonchev–Trinajstić information content (AvgIpc) is 2.55. The molecule has 1 aliphatic heterocycles. The summed E-state index contributed by atoms with van der Waals surface area (Å²) in [5.74, 6) is 0. The molecule has 0 bridgehead atoms. The molecule has 0 aromatic heterocycles. The Morgan fingerprint density at radius 1 is 1.36 bits per heavy atom. The minimum Gasteiger partial charge on any atom is -0.446 e. The van der Waals surface area contributed by atoms with Crippen LogP contribution in [0.2, 0.25) is 0 Å². The second-order valence-corrected chi connectivity index (χ2v) is 5.00. The van der Waals surface area contributed by atoms with Gasteiger partial charge in [0.25, 0.3) is 0 Å². The monoisotopic (exact) mass is 197 g/mol. The topological polar surface area (TPSA) is 29.5 Å². The first kappa shape index (κ1) is 9.81. The molecule has 14 heavy (non-hydrogen) atoms. The minimum atomic E-state index is -0.104. The Labute approximate surface area is 85.4 Å². The van der Waals surface area contributed by atoms with Crippen molar-refractivity contribution in [3.8, 4) is 0 Å². The highest BCUT2D eigenvalue weighted by Gasteiger charge is 2.41. The Morgan fingerprint density at radius 2 is 2.00 bits per heavy atom.